The van der Waals surface area contributed by atoms with Gasteiger partial charge in [-0.1, -0.05) is 23.2 Å². The zero-order chi connectivity index (χ0) is 21.3. The molecule has 0 aliphatic carbocycles. The Kier molecular flexibility index (Phi) is 6.29. The standard InChI is InChI=1S/C20H24Cl2N6O2/c1-11(27-20-17-19(24-9-23-17)25-10-26-20)13-6-14(21)16(22)15(18(13)30-3)12-7-28(8-12)4-5-29-2/h6,9-12H,4-5,7-8H2,1-3H3,(H2,23,24,25,26,27). The van der Waals surface area contributed by atoms with Crippen molar-refractivity contribution in [2.24, 2.45) is 0 Å². The van der Waals surface area contributed by atoms with E-state index in [0.717, 1.165) is 42.0 Å². The van der Waals surface area contributed by atoms with Crippen LogP contribution in [0.15, 0.2) is 18.7 Å². The van der Waals surface area contributed by atoms with Gasteiger partial charge in [0.2, 0.25) is 0 Å². The molecule has 3 aromatic rings. The number of rotatable bonds is 8. The Hall–Kier alpha value is -2.13. The van der Waals surface area contributed by atoms with Crippen LogP contribution in [0.1, 0.15) is 30.0 Å². The Morgan fingerprint density at radius 3 is 2.80 bits per heavy atom. The minimum Gasteiger partial charge on any atom is -0.496 e. The number of methoxy groups -OCH3 is 2. The fraction of sp³-hybridized carbons (Fsp3) is 0.450. The molecule has 1 atom stereocenters. The number of likely N-dealkylation sites (tertiary alicyclic amines) is 1. The third-order valence-electron chi connectivity index (χ3n) is 5.46. The molecule has 30 heavy (non-hydrogen) atoms. The summed E-state index contributed by atoms with van der Waals surface area (Å²) in [6, 6.07) is 1.72. The summed E-state index contributed by atoms with van der Waals surface area (Å²) < 4.78 is 11.0. The maximum absolute atomic E-state index is 6.63. The van der Waals surface area contributed by atoms with E-state index >= 15 is 0 Å². The lowest BCUT2D eigenvalue weighted by molar-refractivity contribution is 0.0934. The molecule has 0 radical (unpaired) electrons. The van der Waals surface area contributed by atoms with E-state index in [1.54, 1.807) is 20.5 Å². The average Bonchev–Trinajstić information content (AvgIpc) is 3.19. The topological polar surface area (TPSA) is 88.2 Å². The number of ether oxygens (including phenoxy) is 2. The molecule has 2 aromatic heterocycles. The summed E-state index contributed by atoms with van der Waals surface area (Å²) in [5.74, 6) is 1.68. The van der Waals surface area contributed by atoms with Crippen LogP contribution in [-0.4, -0.2) is 65.3 Å². The number of imidazole rings is 1. The SMILES string of the molecule is COCCN1CC(c2c(Cl)c(Cl)cc(C(C)Nc3ncnc4nc[nH]c34)c2OC)C1. The zero-order valence-electron chi connectivity index (χ0n) is 17.1. The summed E-state index contributed by atoms with van der Waals surface area (Å²) in [6.07, 6.45) is 3.08. The van der Waals surface area contributed by atoms with Crippen molar-refractivity contribution < 1.29 is 9.47 Å². The summed E-state index contributed by atoms with van der Waals surface area (Å²) in [5.41, 5.74) is 3.23. The van der Waals surface area contributed by atoms with E-state index in [9.17, 15) is 0 Å². The molecule has 1 aliphatic rings. The second kappa shape index (κ2) is 8.93. The third kappa shape index (κ3) is 3.92. The highest BCUT2D eigenvalue weighted by molar-refractivity contribution is 6.42. The summed E-state index contributed by atoms with van der Waals surface area (Å²) in [7, 11) is 3.38. The lowest BCUT2D eigenvalue weighted by atomic mass is 9.88. The molecule has 0 bridgehead atoms. The van der Waals surface area contributed by atoms with Gasteiger partial charge in [-0.05, 0) is 13.0 Å². The lowest BCUT2D eigenvalue weighted by Crippen LogP contribution is -2.46. The number of nitrogens with one attached hydrogen (secondary N) is 2. The van der Waals surface area contributed by atoms with E-state index in [0.29, 0.717) is 28.1 Å². The minimum absolute atomic E-state index is 0.139. The number of anilines is 1. The van der Waals surface area contributed by atoms with Crippen molar-refractivity contribution in [1.82, 2.24) is 24.8 Å². The summed E-state index contributed by atoms with van der Waals surface area (Å²) in [5, 5.41) is 4.49. The fourth-order valence-corrected chi connectivity index (χ4v) is 4.39. The van der Waals surface area contributed by atoms with E-state index in [4.69, 9.17) is 32.7 Å². The van der Waals surface area contributed by atoms with Crippen LogP contribution < -0.4 is 10.1 Å². The second-order valence-corrected chi connectivity index (χ2v) is 8.13. The maximum atomic E-state index is 6.63. The van der Waals surface area contributed by atoms with Crippen LogP contribution in [0.5, 0.6) is 5.75 Å². The van der Waals surface area contributed by atoms with Crippen LogP contribution in [-0.2, 0) is 4.74 Å². The number of halogens is 2. The highest BCUT2D eigenvalue weighted by Crippen LogP contribution is 2.45. The molecule has 2 N–H and O–H groups in total. The summed E-state index contributed by atoms with van der Waals surface area (Å²) in [6.45, 7) is 5.41. The van der Waals surface area contributed by atoms with Gasteiger partial charge in [0.15, 0.2) is 11.5 Å². The molecule has 1 saturated heterocycles. The molecule has 0 saturated carbocycles. The number of benzene rings is 1. The maximum Gasteiger partial charge on any atom is 0.182 e. The highest BCUT2D eigenvalue weighted by Gasteiger charge is 2.34. The van der Waals surface area contributed by atoms with E-state index < -0.39 is 0 Å². The molecule has 0 spiro atoms. The highest BCUT2D eigenvalue weighted by atomic mass is 35.5. The number of H-pyrrole nitrogens is 1. The summed E-state index contributed by atoms with van der Waals surface area (Å²) in [4.78, 5) is 18.1. The van der Waals surface area contributed by atoms with Gasteiger partial charge >= 0.3 is 0 Å². The molecular formula is C20H24Cl2N6O2. The van der Waals surface area contributed by atoms with Crippen molar-refractivity contribution in [3.05, 3.63) is 39.9 Å². The lowest BCUT2D eigenvalue weighted by Gasteiger charge is -2.40. The Labute approximate surface area is 184 Å². The van der Waals surface area contributed by atoms with Gasteiger partial charge < -0.3 is 19.8 Å². The number of aromatic amines is 1. The van der Waals surface area contributed by atoms with E-state index in [-0.39, 0.29) is 12.0 Å². The number of hydrogen-bond donors (Lipinski definition) is 2. The largest absolute Gasteiger partial charge is 0.496 e. The number of aromatic nitrogens is 4. The molecule has 4 rings (SSSR count). The monoisotopic (exact) mass is 450 g/mol. The van der Waals surface area contributed by atoms with Crippen molar-refractivity contribution in [1.29, 1.82) is 0 Å². The van der Waals surface area contributed by atoms with Gasteiger partial charge in [0, 0.05) is 43.8 Å². The molecule has 8 nitrogen and oxygen atoms in total. The predicted molar refractivity (Wildman–Crippen MR) is 118 cm³/mol. The van der Waals surface area contributed by atoms with Crippen LogP contribution >= 0.6 is 23.2 Å². The molecule has 1 aromatic carbocycles. The van der Waals surface area contributed by atoms with Gasteiger partial charge in [0.05, 0.1) is 36.1 Å². The van der Waals surface area contributed by atoms with Crippen molar-refractivity contribution in [3.63, 3.8) is 0 Å². The zero-order valence-corrected chi connectivity index (χ0v) is 18.6. The van der Waals surface area contributed by atoms with Gasteiger partial charge in [-0.25, -0.2) is 15.0 Å². The van der Waals surface area contributed by atoms with Gasteiger partial charge in [-0.2, -0.15) is 0 Å². The van der Waals surface area contributed by atoms with Gasteiger partial charge in [0.1, 0.15) is 17.6 Å². The smallest absolute Gasteiger partial charge is 0.182 e. The molecule has 1 fully saturated rings. The molecule has 160 valence electrons. The van der Waals surface area contributed by atoms with Crippen molar-refractivity contribution in [2.75, 3.05) is 45.8 Å². The van der Waals surface area contributed by atoms with E-state index in [1.165, 1.54) is 6.33 Å². The van der Waals surface area contributed by atoms with E-state index in [1.807, 2.05) is 13.0 Å². The molecular weight excluding hydrogens is 427 g/mol. The Balaban J connectivity index is 1.63. The molecule has 10 heteroatoms. The minimum atomic E-state index is -0.139. The molecule has 1 aliphatic heterocycles. The van der Waals surface area contributed by atoms with Crippen molar-refractivity contribution in [2.45, 2.75) is 18.9 Å². The summed E-state index contributed by atoms with van der Waals surface area (Å²) >= 11 is 13.2. The van der Waals surface area contributed by atoms with Crippen LogP contribution in [0.4, 0.5) is 5.82 Å². The second-order valence-electron chi connectivity index (χ2n) is 7.35. The Bertz CT molecular complexity index is 1040. The first-order valence-electron chi connectivity index (χ1n) is 9.71. The van der Waals surface area contributed by atoms with Crippen molar-refractivity contribution >= 4 is 40.2 Å². The number of fused-ring (bicyclic) bond motifs is 1. The molecule has 1 unspecified atom stereocenters. The first-order valence-corrected chi connectivity index (χ1v) is 10.5. The van der Waals surface area contributed by atoms with Crippen LogP contribution in [0.3, 0.4) is 0 Å². The van der Waals surface area contributed by atoms with Crippen LogP contribution in [0, 0.1) is 0 Å². The molecule has 3 heterocycles. The quantitative estimate of drug-likeness (QED) is 0.537. The third-order valence-corrected chi connectivity index (χ3v) is 6.26. The first-order chi connectivity index (χ1) is 14.5. The van der Waals surface area contributed by atoms with Gasteiger partial charge in [-0.3, -0.25) is 4.90 Å². The van der Waals surface area contributed by atoms with Crippen molar-refractivity contribution in [3.8, 4) is 5.75 Å². The Morgan fingerprint density at radius 2 is 2.07 bits per heavy atom. The Morgan fingerprint density at radius 1 is 1.27 bits per heavy atom. The first kappa shape index (κ1) is 21.1. The molecule has 0 amide bonds. The number of nitrogens with zero attached hydrogens (tertiary/aromatic N) is 4. The fourth-order valence-electron chi connectivity index (χ4n) is 3.88. The number of hydrogen-bond acceptors (Lipinski definition) is 7. The predicted octanol–water partition coefficient (Wildman–Crippen LogP) is 3.89. The van der Waals surface area contributed by atoms with Crippen LogP contribution in [0.2, 0.25) is 10.0 Å². The van der Waals surface area contributed by atoms with Gasteiger partial charge in [0.25, 0.3) is 0 Å². The normalized spacial score (nSPS) is 15.9. The van der Waals surface area contributed by atoms with Gasteiger partial charge in [-0.15, -0.1) is 0 Å². The average molecular weight is 451 g/mol. The van der Waals surface area contributed by atoms with E-state index in [2.05, 4.69) is 30.2 Å². The van der Waals surface area contributed by atoms with Crippen LogP contribution in [0.25, 0.3) is 11.2 Å².